The quantitative estimate of drug-likeness (QED) is 0.810. The molecule has 1 N–H and O–H groups in total. The van der Waals surface area contributed by atoms with Crippen LogP contribution in [-0.4, -0.2) is 11.1 Å². The number of aliphatic carboxylic acids is 1. The molecule has 0 fully saturated rings. The lowest BCUT2D eigenvalue weighted by atomic mass is 9.96. The molecule has 2 nitrogen and oxygen atoms in total. The highest BCUT2D eigenvalue weighted by molar-refractivity contribution is 7.80. The standard InChI is InChI=1S/C17H18O2S/c1-11(17(18)19)13-6-8-14(9-7-13)16-5-3-4-15(10-16)12(2)20/h3-12,20H,1-2H3,(H,18,19). The molecule has 0 aliphatic rings. The second kappa shape index (κ2) is 6.14. The van der Waals surface area contributed by atoms with Gasteiger partial charge in [-0.25, -0.2) is 0 Å². The van der Waals surface area contributed by atoms with Crippen LogP contribution in [-0.2, 0) is 4.79 Å². The number of thiol groups is 1. The number of carboxylic acids is 1. The Labute approximate surface area is 124 Å². The second-order valence-electron chi connectivity index (χ2n) is 4.98. The molecule has 2 atom stereocenters. The van der Waals surface area contributed by atoms with E-state index in [1.807, 2.05) is 37.3 Å². The van der Waals surface area contributed by atoms with Gasteiger partial charge in [0.2, 0.25) is 0 Å². The molecule has 0 aromatic heterocycles. The maximum Gasteiger partial charge on any atom is 0.310 e. The van der Waals surface area contributed by atoms with E-state index in [-0.39, 0.29) is 5.25 Å². The van der Waals surface area contributed by atoms with E-state index in [0.717, 1.165) is 16.7 Å². The van der Waals surface area contributed by atoms with Crippen molar-refractivity contribution in [2.24, 2.45) is 0 Å². The van der Waals surface area contributed by atoms with E-state index >= 15 is 0 Å². The fourth-order valence-corrected chi connectivity index (χ4v) is 2.25. The Hall–Kier alpha value is -1.74. The lowest BCUT2D eigenvalue weighted by Gasteiger charge is -2.10. The van der Waals surface area contributed by atoms with Gasteiger partial charge in [-0.15, -0.1) is 0 Å². The molecule has 20 heavy (non-hydrogen) atoms. The van der Waals surface area contributed by atoms with Crippen molar-refractivity contribution in [1.29, 1.82) is 0 Å². The van der Waals surface area contributed by atoms with Gasteiger partial charge in [-0.3, -0.25) is 4.79 Å². The van der Waals surface area contributed by atoms with Gasteiger partial charge >= 0.3 is 5.97 Å². The summed E-state index contributed by atoms with van der Waals surface area (Å²) in [4.78, 5) is 11.0. The van der Waals surface area contributed by atoms with E-state index in [1.54, 1.807) is 6.92 Å². The SMILES string of the molecule is CC(S)c1cccc(-c2ccc(C(C)C(=O)O)cc2)c1. The number of carbonyl (C=O) groups is 1. The summed E-state index contributed by atoms with van der Waals surface area (Å²) in [5.74, 6) is -1.28. The summed E-state index contributed by atoms with van der Waals surface area (Å²) >= 11 is 4.45. The molecule has 104 valence electrons. The average molecular weight is 286 g/mol. The van der Waals surface area contributed by atoms with Crippen molar-refractivity contribution in [2.75, 3.05) is 0 Å². The lowest BCUT2D eigenvalue weighted by Crippen LogP contribution is -2.06. The Bertz CT molecular complexity index is 603. The number of hydrogen-bond acceptors (Lipinski definition) is 2. The summed E-state index contributed by atoms with van der Waals surface area (Å²) in [6, 6.07) is 15.9. The van der Waals surface area contributed by atoms with Crippen LogP contribution in [0, 0.1) is 0 Å². The van der Waals surface area contributed by atoms with E-state index in [9.17, 15) is 4.79 Å². The summed E-state index contributed by atoms with van der Waals surface area (Å²) in [6.45, 7) is 3.74. The normalized spacial score (nSPS) is 13.8. The molecule has 3 heteroatoms. The van der Waals surface area contributed by atoms with Crippen molar-refractivity contribution in [3.05, 3.63) is 59.7 Å². The van der Waals surface area contributed by atoms with Crippen molar-refractivity contribution in [3.8, 4) is 11.1 Å². The van der Waals surface area contributed by atoms with Crippen LogP contribution in [0.4, 0.5) is 0 Å². The van der Waals surface area contributed by atoms with Crippen LogP contribution in [0.15, 0.2) is 48.5 Å². The smallest absolute Gasteiger partial charge is 0.310 e. The minimum Gasteiger partial charge on any atom is -0.481 e. The van der Waals surface area contributed by atoms with Crippen molar-refractivity contribution in [2.45, 2.75) is 25.0 Å². The molecule has 0 spiro atoms. The lowest BCUT2D eigenvalue weighted by molar-refractivity contribution is -0.138. The molecule has 2 aromatic carbocycles. The molecule has 0 heterocycles. The Morgan fingerprint density at radius 3 is 2.20 bits per heavy atom. The van der Waals surface area contributed by atoms with Crippen molar-refractivity contribution >= 4 is 18.6 Å². The van der Waals surface area contributed by atoms with E-state index in [4.69, 9.17) is 5.11 Å². The highest BCUT2D eigenvalue weighted by Gasteiger charge is 2.13. The van der Waals surface area contributed by atoms with Gasteiger partial charge in [0.25, 0.3) is 0 Å². The first-order valence-electron chi connectivity index (χ1n) is 6.60. The second-order valence-corrected chi connectivity index (χ2v) is 5.76. The molecule has 0 aliphatic carbocycles. The van der Waals surface area contributed by atoms with Gasteiger partial charge in [-0.05, 0) is 36.1 Å². The fourth-order valence-electron chi connectivity index (χ4n) is 2.08. The van der Waals surface area contributed by atoms with Gasteiger partial charge < -0.3 is 5.11 Å². The Balaban J connectivity index is 2.30. The minimum atomic E-state index is -0.802. The first-order valence-corrected chi connectivity index (χ1v) is 7.12. The Morgan fingerprint density at radius 1 is 1.00 bits per heavy atom. The van der Waals surface area contributed by atoms with Crippen molar-refractivity contribution in [3.63, 3.8) is 0 Å². The van der Waals surface area contributed by atoms with Gasteiger partial charge in [-0.2, -0.15) is 12.6 Å². The number of benzene rings is 2. The van der Waals surface area contributed by atoms with Crippen LogP contribution >= 0.6 is 12.6 Å². The molecule has 2 aromatic rings. The fraction of sp³-hybridized carbons (Fsp3) is 0.235. The minimum absolute atomic E-state index is 0.196. The van der Waals surface area contributed by atoms with Crippen LogP contribution in [0.1, 0.15) is 36.1 Å². The number of rotatable bonds is 4. The van der Waals surface area contributed by atoms with Gasteiger partial charge in [0.15, 0.2) is 0 Å². The van der Waals surface area contributed by atoms with Crippen LogP contribution in [0.5, 0.6) is 0 Å². The maximum absolute atomic E-state index is 11.0. The first-order chi connectivity index (χ1) is 9.49. The summed E-state index contributed by atoms with van der Waals surface area (Å²) in [5.41, 5.74) is 4.20. The van der Waals surface area contributed by atoms with E-state index in [0.29, 0.717) is 0 Å². The average Bonchev–Trinajstić information content (AvgIpc) is 2.46. The zero-order valence-electron chi connectivity index (χ0n) is 11.6. The molecule has 2 unspecified atom stereocenters. The molecule has 0 saturated heterocycles. The molecular weight excluding hydrogens is 268 g/mol. The summed E-state index contributed by atoms with van der Waals surface area (Å²) in [7, 11) is 0. The van der Waals surface area contributed by atoms with Gasteiger partial charge in [0.05, 0.1) is 5.92 Å². The summed E-state index contributed by atoms with van der Waals surface area (Å²) in [6.07, 6.45) is 0. The summed E-state index contributed by atoms with van der Waals surface area (Å²) in [5, 5.41) is 9.21. The van der Waals surface area contributed by atoms with Crippen LogP contribution < -0.4 is 0 Å². The zero-order chi connectivity index (χ0) is 14.7. The third kappa shape index (κ3) is 3.23. The number of hydrogen-bond donors (Lipinski definition) is 2. The first kappa shape index (κ1) is 14.7. The molecule has 0 aliphatic heterocycles. The third-order valence-electron chi connectivity index (χ3n) is 3.48. The maximum atomic E-state index is 11.0. The van der Waals surface area contributed by atoms with Crippen LogP contribution in [0.3, 0.4) is 0 Å². The monoisotopic (exact) mass is 286 g/mol. The van der Waals surface area contributed by atoms with Gasteiger partial charge in [0, 0.05) is 5.25 Å². The van der Waals surface area contributed by atoms with Crippen molar-refractivity contribution < 1.29 is 9.90 Å². The van der Waals surface area contributed by atoms with Gasteiger partial charge in [-0.1, -0.05) is 48.5 Å². The van der Waals surface area contributed by atoms with E-state index in [1.165, 1.54) is 5.56 Å². The topological polar surface area (TPSA) is 37.3 Å². The van der Waals surface area contributed by atoms with Gasteiger partial charge in [0.1, 0.15) is 0 Å². The van der Waals surface area contributed by atoms with E-state index < -0.39 is 11.9 Å². The predicted molar refractivity (Wildman–Crippen MR) is 85.3 cm³/mol. The highest BCUT2D eigenvalue weighted by atomic mass is 32.1. The Kier molecular flexibility index (Phi) is 4.50. The van der Waals surface area contributed by atoms with E-state index in [2.05, 4.69) is 30.8 Å². The third-order valence-corrected chi connectivity index (χ3v) is 3.78. The molecule has 0 radical (unpaired) electrons. The van der Waals surface area contributed by atoms with Crippen molar-refractivity contribution in [1.82, 2.24) is 0 Å². The highest BCUT2D eigenvalue weighted by Crippen LogP contribution is 2.27. The number of carboxylic acid groups (broad SMARTS) is 1. The molecule has 2 rings (SSSR count). The van der Waals surface area contributed by atoms with Crippen LogP contribution in [0.2, 0.25) is 0 Å². The zero-order valence-corrected chi connectivity index (χ0v) is 12.5. The molecular formula is C17H18O2S. The molecule has 0 saturated carbocycles. The molecule has 0 bridgehead atoms. The molecule has 0 amide bonds. The Morgan fingerprint density at radius 2 is 1.65 bits per heavy atom. The predicted octanol–water partition coefficient (Wildman–Crippen LogP) is 4.53. The largest absolute Gasteiger partial charge is 0.481 e. The van der Waals surface area contributed by atoms with Crippen LogP contribution in [0.25, 0.3) is 11.1 Å². The summed E-state index contributed by atoms with van der Waals surface area (Å²) < 4.78 is 0.